The molecule has 3 aromatic rings. The quantitative estimate of drug-likeness (QED) is 0.228. The largest absolute Gasteiger partial charge is 0.463 e. The van der Waals surface area contributed by atoms with E-state index in [1.807, 2.05) is 35.0 Å². The maximum atomic E-state index is 13.5. The monoisotopic (exact) mass is 543 g/mol. The zero-order chi connectivity index (χ0) is 27.3. The van der Waals surface area contributed by atoms with E-state index >= 15 is 0 Å². The summed E-state index contributed by atoms with van der Waals surface area (Å²) in [6, 6.07) is 9.08. The van der Waals surface area contributed by atoms with Crippen molar-refractivity contribution in [3.05, 3.63) is 47.2 Å². The van der Waals surface area contributed by atoms with E-state index in [1.54, 1.807) is 0 Å². The number of nitrogens with zero attached hydrogens (tertiary/aromatic N) is 4. The maximum absolute atomic E-state index is 13.5. The van der Waals surface area contributed by atoms with Gasteiger partial charge in [0.15, 0.2) is 5.82 Å². The molecule has 208 valence electrons. The summed E-state index contributed by atoms with van der Waals surface area (Å²) in [4.78, 5) is 11.1. The lowest BCUT2D eigenvalue weighted by Crippen LogP contribution is -2.22. The van der Waals surface area contributed by atoms with Gasteiger partial charge in [0, 0.05) is 46.1 Å². The lowest BCUT2D eigenvalue weighted by molar-refractivity contribution is 0.0899. The van der Waals surface area contributed by atoms with Gasteiger partial charge in [0.1, 0.15) is 30.0 Å². The van der Waals surface area contributed by atoms with Gasteiger partial charge < -0.3 is 24.9 Å². The van der Waals surface area contributed by atoms with Crippen LogP contribution in [0.4, 0.5) is 10.2 Å². The summed E-state index contributed by atoms with van der Waals surface area (Å²) in [5.41, 5.74) is 10.0. The average Bonchev–Trinajstić information content (AvgIpc) is 3.44. The lowest BCUT2D eigenvalue weighted by atomic mass is 10.0. The zero-order valence-electron chi connectivity index (χ0n) is 23.1. The molecule has 10 heteroatoms. The molecule has 0 spiro atoms. The van der Waals surface area contributed by atoms with Crippen molar-refractivity contribution >= 4 is 24.9 Å². The maximum Gasteiger partial charge on any atom is 0.319 e. The molecule has 3 heterocycles. The normalized spacial score (nSPS) is 17.4. The minimum absolute atomic E-state index is 0.210. The number of fused-ring (bicyclic) bond motifs is 1. The van der Waals surface area contributed by atoms with Crippen LogP contribution in [0.5, 0.6) is 6.01 Å². The second-order valence-corrected chi connectivity index (χ2v) is 17.1. The molecular weight excluding hydrogens is 501 g/mol. The molecule has 1 saturated heterocycles. The Hall–Kier alpha value is -2.53. The first-order valence-electron chi connectivity index (χ1n) is 13.6. The number of ether oxygens (including phenoxy) is 2. The number of unbranched alkanes of at least 4 members (excludes halogenated alkanes) is 1. The van der Waals surface area contributed by atoms with Crippen molar-refractivity contribution in [1.29, 1.82) is 0 Å². The average molecular weight is 544 g/mol. The number of likely N-dealkylation sites (tertiary alicyclic amines) is 1. The van der Waals surface area contributed by atoms with Gasteiger partial charge >= 0.3 is 6.01 Å². The summed E-state index contributed by atoms with van der Waals surface area (Å²) >= 11 is 0. The van der Waals surface area contributed by atoms with E-state index in [0.717, 1.165) is 36.6 Å². The number of hydrogen-bond acceptors (Lipinski definition) is 7. The summed E-state index contributed by atoms with van der Waals surface area (Å²) in [5.74, 6) is 0.292. The van der Waals surface area contributed by atoms with E-state index in [4.69, 9.17) is 15.2 Å². The number of hydrogen-bond donors (Lipinski definition) is 2. The molecule has 1 fully saturated rings. The summed E-state index contributed by atoms with van der Waals surface area (Å²) in [6.45, 7) is 12.4. The molecule has 1 aliphatic heterocycles. The van der Waals surface area contributed by atoms with E-state index in [9.17, 15) is 9.50 Å². The highest BCUT2D eigenvalue weighted by atomic mass is 28.3. The van der Waals surface area contributed by atoms with Crippen molar-refractivity contribution < 1.29 is 19.0 Å². The first kappa shape index (κ1) is 28.5. The number of anilines is 1. The lowest BCUT2D eigenvalue weighted by Gasteiger charge is -2.16. The molecule has 2 aromatic heterocycles. The Morgan fingerprint density at radius 3 is 2.61 bits per heavy atom. The highest BCUT2D eigenvalue weighted by molar-refractivity contribution is 6.76. The minimum atomic E-state index is -1.22. The van der Waals surface area contributed by atoms with Gasteiger partial charge in [-0.15, -0.1) is 0 Å². The van der Waals surface area contributed by atoms with Crippen molar-refractivity contribution in [2.24, 2.45) is 0 Å². The Kier molecular flexibility index (Phi) is 9.40. The third kappa shape index (κ3) is 7.31. The van der Waals surface area contributed by atoms with Gasteiger partial charge in [0.2, 0.25) is 0 Å². The summed E-state index contributed by atoms with van der Waals surface area (Å²) in [6.07, 6.45) is 2.67. The van der Waals surface area contributed by atoms with Crippen molar-refractivity contribution in [2.75, 3.05) is 32.0 Å². The number of aliphatic hydroxyl groups excluding tert-OH is 1. The number of nitrogens with two attached hydrogens (primary N) is 1. The summed E-state index contributed by atoms with van der Waals surface area (Å²) in [7, 11) is -1.22. The third-order valence-electron chi connectivity index (χ3n) is 6.91. The van der Waals surface area contributed by atoms with Gasteiger partial charge in [-0.3, -0.25) is 4.90 Å². The summed E-state index contributed by atoms with van der Waals surface area (Å²) < 4.78 is 27.2. The van der Waals surface area contributed by atoms with E-state index < -0.39 is 20.3 Å². The van der Waals surface area contributed by atoms with Crippen molar-refractivity contribution in [1.82, 2.24) is 19.4 Å². The molecule has 4 rings (SSSR count). The minimum Gasteiger partial charge on any atom is -0.463 e. The second-order valence-electron chi connectivity index (χ2n) is 11.5. The van der Waals surface area contributed by atoms with Gasteiger partial charge in [-0.2, -0.15) is 9.97 Å². The van der Waals surface area contributed by atoms with Gasteiger partial charge in [-0.25, -0.2) is 4.39 Å². The first-order valence-corrected chi connectivity index (χ1v) is 17.4. The molecular formula is C28H42FN5O3Si. The Balaban J connectivity index is 1.59. The number of halogens is 1. The molecule has 0 amide bonds. The van der Waals surface area contributed by atoms with E-state index in [2.05, 4.69) is 41.4 Å². The number of aromatic nitrogens is 3. The van der Waals surface area contributed by atoms with Gasteiger partial charge in [-0.1, -0.05) is 57.3 Å². The fraction of sp³-hybridized carbons (Fsp3) is 0.571. The van der Waals surface area contributed by atoms with Crippen LogP contribution >= 0.6 is 0 Å². The van der Waals surface area contributed by atoms with Crippen LogP contribution in [-0.4, -0.2) is 65.1 Å². The highest BCUT2D eigenvalue weighted by Crippen LogP contribution is 2.33. The Morgan fingerprint density at radius 2 is 1.95 bits per heavy atom. The Labute approximate surface area is 226 Å². The molecule has 1 aliphatic rings. The standard InChI is InChI=1S/C28H42FN5O3Si/c1-5-6-13-37-28-31-24-23(18-34(25(24)27(30)32-28)19-36-14-15-38(2,3)4)26(35)21-9-7-20(8-10-21)16-33-12-11-22(29)17-33/h7-10,18,22,26,35H,5-6,11-17,19H2,1-4H3,(H2,30,31,32). The van der Waals surface area contributed by atoms with Gasteiger partial charge in [0.05, 0.1) is 6.61 Å². The number of aliphatic hydroxyl groups is 1. The molecule has 0 saturated carbocycles. The van der Waals surface area contributed by atoms with Crippen LogP contribution in [0, 0.1) is 0 Å². The van der Waals surface area contributed by atoms with Crippen LogP contribution in [0.1, 0.15) is 49.0 Å². The Bertz CT molecular complexity index is 1200. The van der Waals surface area contributed by atoms with Gasteiger partial charge in [0.25, 0.3) is 0 Å². The van der Waals surface area contributed by atoms with E-state index in [0.29, 0.717) is 61.9 Å². The van der Waals surface area contributed by atoms with Crippen LogP contribution in [0.15, 0.2) is 30.5 Å². The molecule has 38 heavy (non-hydrogen) atoms. The number of benzene rings is 1. The van der Waals surface area contributed by atoms with Crippen LogP contribution in [0.25, 0.3) is 11.0 Å². The van der Waals surface area contributed by atoms with Crippen LogP contribution in [0.2, 0.25) is 25.7 Å². The van der Waals surface area contributed by atoms with E-state index in [-0.39, 0.29) is 6.01 Å². The third-order valence-corrected chi connectivity index (χ3v) is 8.62. The van der Waals surface area contributed by atoms with Crippen LogP contribution in [-0.2, 0) is 18.0 Å². The molecule has 3 N–H and O–H groups in total. The molecule has 0 aliphatic carbocycles. The van der Waals surface area contributed by atoms with Crippen molar-refractivity contribution in [2.45, 2.75) is 77.4 Å². The predicted molar refractivity (Wildman–Crippen MR) is 152 cm³/mol. The summed E-state index contributed by atoms with van der Waals surface area (Å²) in [5, 5.41) is 11.4. The predicted octanol–water partition coefficient (Wildman–Crippen LogP) is 5.13. The van der Waals surface area contributed by atoms with E-state index in [1.165, 1.54) is 0 Å². The molecule has 1 aromatic carbocycles. The van der Waals surface area contributed by atoms with Crippen LogP contribution in [0.3, 0.4) is 0 Å². The second kappa shape index (κ2) is 12.5. The molecule has 2 atom stereocenters. The van der Waals surface area contributed by atoms with Gasteiger partial charge in [-0.05, 0) is 30.0 Å². The van der Waals surface area contributed by atoms with Crippen molar-refractivity contribution in [3.63, 3.8) is 0 Å². The fourth-order valence-electron chi connectivity index (χ4n) is 4.62. The SMILES string of the molecule is CCCCOc1nc(N)c2c(n1)c(C(O)c1ccc(CN3CCC(F)C3)cc1)cn2COCC[Si](C)(C)C. The zero-order valence-corrected chi connectivity index (χ0v) is 24.1. The number of alkyl halides is 1. The van der Waals surface area contributed by atoms with Crippen molar-refractivity contribution in [3.8, 4) is 6.01 Å². The molecule has 0 bridgehead atoms. The number of rotatable bonds is 13. The fourth-order valence-corrected chi connectivity index (χ4v) is 5.37. The first-order chi connectivity index (χ1) is 18.1. The topological polar surface area (TPSA) is 98.7 Å². The Morgan fingerprint density at radius 1 is 1.18 bits per heavy atom. The number of nitrogen functional groups attached to an aromatic ring is 1. The molecule has 2 unspecified atom stereocenters. The smallest absolute Gasteiger partial charge is 0.319 e. The highest BCUT2D eigenvalue weighted by Gasteiger charge is 2.24. The molecule has 0 radical (unpaired) electrons. The van der Waals surface area contributed by atoms with Crippen LogP contribution < -0.4 is 10.5 Å². The molecule has 8 nitrogen and oxygen atoms in total.